The number of ether oxygens (including phenoxy) is 7. The minimum Gasteiger partial charge on any atom is -0.493 e. The summed E-state index contributed by atoms with van der Waals surface area (Å²) in [4.78, 5) is 52.1. The Hall–Kier alpha value is -4.40. The van der Waals surface area contributed by atoms with E-state index in [2.05, 4.69) is 24.5 Å². The highest BCUT2D eigenvalue weighted by atomic mass is 16.7. The molecule has 4 aliphatic carbocycles. The monoisotopic (exact) mass is 807 g/mol. The highest BCUT2D eigenvalue weighted by molar-refractivity contribution is 5.85. The molecule has 1 aliphatic heterocycles. The van der Waals surface area contributed by atoms with Crippen LogP contribution in [0.15, 0.2) is 36.4 Å². The van der Waals surface area contributed by atoms with Gasteiger partial charge in [-0.25, -0.2) is 9.59 Å². The Morgan fingerprint density at radius 2 is 1.47 bits per heavy atom. The van der Waals surface area contributed by atoms with E-state index in [0.717, 1.165) is 30.4 Å². The van der Waals surface area contributed by atoms with E-state index in [1.807, 2.05) is 18.2 Å². The smallest absolute Gasteiger partial charge is 0.410 e. The fourth-order valence-corrected chi connectivity index (χ4v) is 10.7. The molecular formula is C44H61N3O11. The van der Waals surface area contributed by atoms with E-state index in [1.54, 1.807) is 46.3 Å². The van der Waals surface area contributed by atoms with E-state index in [0.29, 0.717) is 36.0 Å². The van der Waals surface area contributed by atoms with Crippen molar-refractivity contribution in [1.29, 1.82) is 0 Å². The third-order valence-corrected chi connectivity index (χ3v) is 12.4. The van der Waals surface area contributed by atoms with Crippen LogP contribution in [-0.4, -0.2) is 88.8 Å². The van der Waals surface area contributed by atoms with Crippen LogP contribution < -0.4 is 35.3 Å². The number of hydrogen-bond donors (Lipinski definition) is 3. The first-order valence-corrected chi connectivity index (χ1v) is 20.3. The van der Waals surface area contributed by atoms with E-state index < -0.39 is 35.8 Å². The quantitative estimate of drug-likeness (QED) is 0.107. The van der Waals surface area contributed by atoms with Gasteiger partial charge in [0.1, 0.15) is 12.6 Å². The summed E-state index contributed by atoms with van der Waals surface area (Å²) in [6, 6.07) is 9.69. The van der Waals surface area contributed by atoms with Gasteiger partial charge in [0.15, 0.2) is 28.8 Å². The Kier molecular flexibility index (Phi) is 12.7. The van der Waals surface area contributed by atoms with E-state index in [-0.39, 0.29) is 59.6 Å². The zero-order valence-corrected chi connectivity index (χ0v) is 35.2. The second kappa shape index (κ2) is 17.1. The number of methoxy groups -OCH3 is 3. The van der Waals surface area contributed by atoms with Crippen LogP contribution in [0, 0.1) is 28.1 Å². The summed E-state index contributed by atoms with van der Waals surface area (Å²) in [5.74, 6) is 0.659. The summed E-state index contributed by atoms with van der Waals surface area (Å²) < 4.78 is 38.9. The molecule has 5 aliphatic rings. The van der Waals surface area contributed by atoms with Crippen LogP contribution in [0.25, 0.3) is 0 Å². The largest absolute Gasteiger partial charge is 0.493 e. The van der Waals surface area contributed by atoms with Crippen molar-refractivity contribution in [3.05, 3.63) is 47.5 Å². The maximum absolute atomic E-state index is 13.1. The average molecular weight is 808 g/mol. The van der Waals surface area contributed by atoms with Crippen molar-refractivity contribution >= 4 is 23.8 Å². The number of benzene rings is 2. The Labute approximate surface area is 341 Å². The summed E-state index contributed by atoms with van der Waals surface area (Å²) in [5, 5.41) is 6.24. The Balaban J connectivity index is 0.947. The number of Topliss-reactive ketones (excluding diaryl/α,β-unsaturated/α-hetero) is 1. The van der Waals surface area contributed by atoms with Gasteiger partial charge in [0, 0.05) is 25.6 Å². The summed E-state index contributed by atoms with van der Waals surface area (Å²) in [7, 11) is 4.61. The summed E-state index contributed by atoms with van der Waals surface area (Å²) in [6.07, 6.45) is 5.36. The number of carbonyl (C=O) groups excluding carboxylic acids is 4. The van der Waals surface area contributed by atoms with Crippen molar-refractivity contribution in [3.63, 3.8) is 0 Å². The van der Waals surface area contributed by atoms with Gasteiger partial charge in [-0.05, 0) is 117 Å². The third-order valence-electron chi connectivity index (χ3n) is 12.4. The second-order valence-corrected chi connectivity index (χ2v) is 18.5. The Morgan fingerprint density at radius 3 is 2.09 bits per heavy atom. The fourth-order valence-electron chi connectivity index (χ4n) is 10.7. The van der Waals surface area contributed by atoms with Crippen LogP contribution in [0.1, 0.15) is 84.3 Å². The van der Waals surface area contributed by atoms with Crippen molar-refractivity contribution in [1.82, 2.24) is 10.6 Å². The van der Waals surface area contributed by atoms with Gasteiger partial charge in [-0.3, -0.25) is 9.59 Å². The standard InChI is InChI=1S/C44H61N3O11/c1-26(57-40(51)47-44-19-29-17-42(4,23-44)22-43(5,18-29)24-44)56-39(50)41(2,3)25-46-20-31(45)38(49)58-34-12-10-27(15-37(34)54-8)13-30-32(48)21-55-35(30)14-28-9-11-33(52-6)36(16-28)53-7/h9-12,15-16,26,29-31,35,46H,13-14,17-25,45H2,1-8H3,(H,47,51)/t26?,29?,30-,31-,35+,42?,43?,44?/m0/s1. The number of nitrogens with one attached hydrogen (secondary N) is 2. The highest BCUT2D eigenvalue weighted by Gasteiger charge is 2.60. The van der Waals surface area contributed by atoms with Crippen LogP contribution in [0.4, 0.5) is 4.79 Å². The lowest BCUT2D eigenvalue weighted by atomic mass is 9.43. The predicted molar refractivity (Wildman–Crippen MR) is 214 cm³/mol. The number of ketones is 1. The van der Waals surface area contributed by atoms with Crippen LogP contribution in [0.5, 0.6) is 23.0 Å². The number of rotatable bonds is 17. The Morgan fingerprint density at radius 1 is 0.862 bits per heavy atom. The van der Waals surface area contributed by atoms with Gasteiger partial charge in [0.2, 0.25) is 6.29 Å². The van der Waals surface area contributed by atoms with Gasteiger partial charge in [-0.15, -0.1) is 0 Å². The lowest BCUT2D eigenvalue weighted by Gasteiger charge is -2.65. The number of alkyl carbamates (subject to hydrolysis) is 1. The zero-order valence-electron chi connectivity index (χ0n) is 35.2. The second-order valence-electron chi connectivity index (χ2n) is 18.5. The molecule has 0 aromatic heterocycles. The number of esters is 2. The molecule has 2 aromatic rings. The average Bonchev–Trinajstić information content (AvgIpc) is 3.47. The zero-order chi connectivity index (χ0) is 42.0. The number of amides is 1. The molecule has 1 saturated heterocycles. The van der Waals surface area contributed by atoms with Gasteiger partial charge >= 0.3 is 18.0 Å². The minimum absolute atomic E-state index is 0.0105. The molecule has 318 valence electrons. The van der Waals surface area contributed by atoms with Crippen molar-refractivity contribution in [2.45, 2.75) is 110 Å². The molecule has 2 aromatic carbocycles. The van der Waals surface area contributed by atoms with Crippen molar-refractivity contribution in [2.75, 3.05) is 41.0 Å². The first kappa shape index (κ1) is 43.2. The molecule has 4 saturated carbocycles. The predicted octanol–water partition coefficient (Wildman–Crippen LogP) is 5.29. The molecule has 14 nitrogen and oxygen atoms in total. The molecule has 0 radical (unpaired) electrons. The highest BCUT2D eigenvalue weighted by Crippen LogP contribution is 2.66. The topological polar surface area (TPSA) is 183 Å². The van der Waals surface area contributed by atoms with Crippen LogP contribution >= 0.6 is 0 Å². The number of hydrogen-bond acceptors (Lipinski definition) is 13. The molecule has 1 heterocycles. The first-order chi connectivity index (χ1) is 27.4. The maximum Gasteiger partial charge on any atom is 0.410 e. The van der Waals surface area contributed by atoms with Crippen LogP contribution in [0.2, 0.25) is 0 Å². The maximum atomic E-state index is 13.1. The molecule has 1 amide bonds. The summed E-state index contributed by atoms with van der Waals surface area (Å²) >= 11 is 0. The minimum atomic E-state index is -1.09. The first-order valence-electron chi connectivity index (χ1n) is 20.3. The van der Waals surface area contributed by atoms with E-state index >= 15 is 0 Å². The van der Waals surface area contributed by atoms with Gasteiger partial charge in [0.05, 0.1) is 38.8 Å². The summed E-state index contributed by atoms with van der Waals surface area (Å²) in [5.41, 5.74) is 7.07. The van der Waals surface area contributed by atoms with Crippen molar-refractivity contribution < 1.29 is 52.3 Å². The van der Waals surface area contributed by atoms with Crippen molar-refractivity contribution in [3.8, 4) is 23.0 Å². The molecule has 4 bridgehead atoms. The van der Waals surface area contributed by atoms with Gasteiger partial charge in [-0.1, -0.05) is 26.0 Å². The van der Waals surface area contributed by atoms with E-state index in [9.17, 15) is 19.2 Å². The molecule has 14 heteroatoms. The normalized spacial score (nSPS) is 28.4. The van der Waals surface area contributed by atoms with Crippen LogP contribution in [-0.2, 0) is 41.4 Å². The van der Waals surface area contributed by atoms with Gasteiger partial charge in [-0.2, -0.15) is 0 Å². The number of nitrogens with two attached hydrogens (primary N) is 1. The molecule has 3 unspecified atom stereocenters. The molecule has 0 spiro atoms. The van der Waals surface area contributed by atoms with Crippen molar-refractivity contribution in [2.24, 2.45) is 33.8 Å². The Bertz CT molecular complexity index is 1850. The molecule has 4 N–H and O–H groups in total. The fraction of sp³-hybridized carbons (Fsp3) is 0.636. The lowest BCUT2D eigenvalue weighted by Crippen LogP contribution is -2.65. The third kappa shape index (κ3) is 9.89. The lowest BCUT2D eigenvalue weighted by molar-refractivity contribution is -0.176. The SMILES string of the molecule is COc1ccc(C[C@H]2OCC(=O)[C@@H]2Cc2ccc(OC(=O)[C@@H](N)CNCC(C)(C)C(=O)OC(C)OC(=O)NC34CC5CC(C)(CC(C)(C5)C3)C4)c(OC)c2)cc1OC. The molecule has 5 fully saturated rings. The van der Waals surface area contributed by atoms with Gasteiger partial charge < -0.3 is 49.5 Å². The van der Waals surface area contributed by atoms with Gasteiger partial charge in [0.25, 0.3) is 0 Å². The van der Waals surface area contributed by atoms with Crippen LogP contribution in [0.3, 0.4) is 0 Å². The molecule has 7 rings (SSSR count). The molecular weight excluding hydrogens is 746 g/mol. The summed E-state index contributed by atoms with van der Waals surface area (Å²) in [6.45, 7) is 9.74. The number of carbonyl (C=O) groups is 4. The molecule has 6 atom stereocenters. The van der Waals surface area contributed by atoms with E-state index in [1.165, 1.54) is 33.3 Å². The van der Waals surface area contributed by atoms with E-state index in [4.69, 9.17) is 38.9 Å². The molecule has 58 heavy (non-hydrogen) atoms.